The molecule has 0 spiro atoms. The molecule has 0 fully saturated rings. The van der Waals surface area contributed by atoms with Crippen LogP contribution in [0, 0.1) is 6.92 Å². The molecule has 1 amide bonds. The molecule has 1 N–H and O–H groups in total. The van der Waals surface area contributed by atoms with E-state index in [1.807, 2.05) is 48.8 Å². The van der Waals surface area contributed by atoms with Crippen LogP contribution < -0.4 is 10.2 Å². The highest BCUT2D eigenvalue weighted by Crippen LogP contribution is 2.29. The second-order valence-electron chi connectivity index (χ2n) is 9.22. The number of rotatable bonds is 5. The molecule has 0 atom stereocenters. The molecule has 3 rings (SSSR count). The molecule has 0 bridgehead atoms. The second kappa shape index (κ2) is 8.05. The Morgan fingerprint density at radius 2 is 1.93 bits per heavy atom. The summed E-state index contributed by atoms with van der Waals surface area (Å²) in [7, 11) is 3.90. The van der Waals surface area contributed by atoms with E-state index in [1.165, 1.54) is 0 Å². The number of hydrogen-bond donors (Lipinski definition) is 1. The Balaban J connectivity index is 1.97. The van der Waals surface area contributed by atoms with E-state index in [1.54, 1.807) is 6.20 Å². The number of anilines is 1. The van der Waals surface area contributed by atoms with E-state index < -0.39 is 0 Å². The SMILES string of the molecule is Cc1nn(C(C)(C)C)c2nc(C(C)C)cc(C(=O)NCc3ccc(N(C)C)nc3)c12. The Morgan fingerprint density at radius 3 is 2.47 bits per heavy atom. The first kappa shape index (κ1) is 21.7. The Bertz CT molecular complexity index is 1060. The average molecular weight is 409 g/mol. The number of fused-ring (bicyclic) bond motifs is 1. The van der Waals surface area contributed by atoms with Gasteiger partial charge < -0.3 is 10.2 Å². The van der Waals surface area contributed by atoms with Crippen molar-refractivity contribution in [3.63, 3.8) is 0 Å². The van der Waals surface area contributed by atoms with Crippen molar-refractivity contribution < 1.29 is 4.79 Å². The highest BCUT2D eigenvalue weighted by molar-refractivity contribution is 6.06. The van der Waals surface area contributed by atoms with Gasteiger partial charge in [-0.1, -0.05) is 19.9 Å². The third-order valence-electron chi connectivity index (χ3n) is 5.02. The van der Waals surface area contributed by atoms with Crippen molar-refractivity contribution in [2.45, 2.75) is 59.5 Å². The minimum atomic E-state index is -0.233. The highest BCUT2D eigenvalue weighted by atomic mass is 16.1. The lowest BCUT2D eigenvalue weighted by Gasteiger charge is -2.20. The number of carbonyl (C=O) groups is 1. The summed E-state index contributed by atoms with van der Waals surface area (Å²) in [5, 5.41) is 8.56. The smallest absolute Gasteiger partial charge is 0.252 e. The van der Waals surface area contributed by atoms with E-state index in [2.05, 4.69) is 44.9 Å². The van der Waals surface area contributed by atoms with Gasteiger partial charge in [0.1, 0.15) is 5.82 Å². The fourth-order valence-corrected chi connectivity index (χ4v) is 3.31. The Kier molecular flexibility index (Phi) is 5.83. The fraction of sp³-hybridized carbons (Fsp3) is 0.478. The third-order valence-corrected chi connectivity index (χ3v) is 5.02. The van der Waals surface area contributed by atoms with Gasteiger partial charge in [-0.05, 0) is 51.3 Å². The van der Waals surface area contributed by atoms with Crippen LogP contribution in [0.15, 0.2) is 24.4 Å². The van der Waals surface area contributed by atoms with Crippen molar-refractivity contribution in [2.75, 3.05) is 19.0 Å². The van der Waals surface area contributed by atoms with Gasteiger partial charge in [-0.15, -0.1) is 0 Å². The van der Waals surface area contributed by atoms with Crippen LogP contribution in [0.4, 0.5) is 5.82 Å². The molecule has 0 unspecified atom stereocenters. The van der Waals surface area contributed by atoms with E-state index in [0.29, 0.717) is 12.1 Å². The van der Waals surface area contributed by atoms with Gasteiger partial charge in [-0.3, -0.25) is 4.79 Å². The van der Waals surface area contributed by atoms with Crippen LogP contribution in [0.25, 0.3) is 11.0 Å². The van der Waals surface area contributed by atoms with E-state index in [4.69, 9.17) is 10.1 Å². The normalized spacial score (nSPS) is 11.9. The minimum absolute atomic E-state index is 0.127. The molecule has 0 aliphatic rings. The molecule has 0 radical (unpaired) electrons. The number of hydrogen-bond acceptors (Lipinski definition) is 5. The van der Waals surface area contributed by atoms with Gasteiger partial charge in [0.25, 0.3) is 5.91 Å². The molecule has 160 valence electrons. The summed E-state index contributed by atoms with van der Waals surface area (Å²) in [6, 6.07) is 5.82. The molecule has 0 aromatic carbocycles. The van der Waals surface area contributed by atoms with Crippen LogP contribution in [0.1, 0.15) is 67.8 Å². The van der Waals surface area contributed by atoms with E-state index in [9.17, 15) is 4.79 Å². The molecule has 0 saturated heterocycles. The molecule has 0 aliphatic heterocycles. The second-order valence-corrected chi connectivity index (χ2v) is 9.22. The standard InChI is InChI=1S/C23H32N6O/c1-14(2)18-11-17(20-15(3)27-29(21(20)26-18)23(4,5)6)22(30)25-13-16-9-10-19(24-12-16)28(7)8/h9-12,14H,13H2,1-8H3,(H,25,30). The zero-order chi connectivity index (χ0) is 22.2. The van der Waals surface area contributed by atoms with Crippen molar-refractivity contribution >= 4 is 22.8 Å². The van der Waals surface area contributed by atoms with Crippen LogP contribution >= 0.6 is 0 Å². The maximum atomic E-state index is 13.2. The number of nitrogens with zero attached hydrogens (tertiary/aromatic N) is 5. The van der Waals surface area contributed by atoms with Gasteiger partial charge in [-0.25, -0.2) is 14.6 Å². The fourth-order valence-electron chi connectivity index (χ4n) is 3.31. The summed E-state index contributed by atoms with van der Waals surface area (Å²) >= 11 is 0. The van der Waals surface area contributed by atoms with E-state index >= 15 is 0 Å². The minimum Gasteiger partial charge on any atom is -0.363 e. The molecule has 3 heterocycles. The number of nitrogens with one attached hydrogen (secondary N) is 1. The molecular weight excluding hydrogens is 376 g/mol. The molecule has 3 aromatic rings. The van der Waals surface area contributed by atoms with Crippen molar-refractivity contribution in [3.8, 4) is 0 Å². The van der Waals surface area contributed by atoms with E-state index in [-0.39, 0.29) is 17.4 Å². The predicted molar refractivity (Wildman–Crippen MR) is 121 cm³/mol. The third kappa shape index (κ3) is 4.30. The number of pyridine rings is 2. The lowest BCUT2D eigenvalue weighted by molar-refractivity contribution is 0.0952. The van der Waals surface area contributed by atoms with Crippen LogP contribution in [0.2, 0.25) is 0 Å². The van der Waals surface area contributed by atoms with Crippen LogP contribution in [-0.2, 0) is 12.1 Å². The summed E-state index contributed by atoms with van der Waals surface area (Å²) in [6.07, 6.45) is 1.79. The highest BCUT2D eigenvalue weighted by Gasteiger charge is 2.25. The summed E-state index contributed by atoms with van der Waals surface area (Å²) in [5.41, 5.74) is 3.79. The van der Waals surface area contributed by atoms with Crippen LogP contribution in [0.3, 0.4) is 0 Å². The quantitative estimate of drug-likeness (QED) is 0.690. The molecule has 30 heavy (non-hydrogen) atoms. The van der Waals surface area contributed by atoms with Crippen molar-refractivity contribution in [1.82, 2.24) is 25.1 Å². The topological polar surface area (TPSA) is 75.9 Å². The number of aromatic nitrogens is 4. The lowest BCUT2D eigenvalue weighted by atomic mass is 10.0. The van der Waals surface area contributed by atoms with E-state index in [0.717, 1.165) is 33.8 Å². The molecule has 7 heteroatoms. The van der Waals surface area contributed by atoms with Crippen LogP contribution in [0.5, 0.6) is 0 Å². The molecular formula is C23H32N6O. The Morgan fingerprint density at radius 1 is 1.23 bits per heavy atom. The Hall–Kier alpha value is -2.96. The van der Waals surface area contributed by atoms with Gasteiger partial charge in [0.15, 0.2) is 5.65 Å². The van der Waals surface area contributed by atoms with Gasteiger partial charge >= 0.3 is 0 Å². The van der Waals surface area contributed by atoms with Crippen molar-refractivity contribution in [2.24, 2.45) is 0 Å². The maximum absolute atomic E-state index is 13.2. The largest absolute Gasteiger partial charge is 0.363 e. The molecule has 3 aromatic heterocycles. The Labute approximate surface area is 178 Å². The first-order chi connectivity index (χ1) is 14.0. The molecule has 7 nitrogen and oxygen atoms in total. The van der Waals surface area contributed by atoms with Crippen molar-refractivity contribution in [1.29, 1.82) is 0 Å². The molecule has 0 aliphatic carbocycles. The van der Waals surface area contributed by atoms with Crippen LogP contribution in [-0.4, -0.2) is 39.8 Å². The number of aryl methyl sites for hydroxylation is 1. The number of carbonyl (C=O) groups excluding carboxylic acids is 1. The maximum Gasteiger partial charge on any atom is 0.252 e. The lowest BCUT2D eigenvalue weighted by Crippen LogP contribution is -2.25. The number of amides is 1. The molecule has 0 saturated carbocycles. The average Bonchev–Trinajstić information content (AvgIpc) is 3.02. The first-order valence-electron chi connectivity index (χ1n) is 10.3. The summed E-state index contributed by atoms with van der Waals surface area (Å²) in [6.45, 7) is 12.8. The summed E-state index contributed by atoms with van der Waals surface area (Å²) < 4.78 is 1.92. The van der Waals surface area contributed by atoms with Gasteiger partial charge in [0.2, 0.25) is 0 Å². The predicted octanol–water partition coefficient (Wildman–Crippen LogP) is 4.01. The van der Waals surface area contributed by atoms with Gasteiger partial charge in [0.05, 0.1) is 22.2 Å². The van der Waals surface area contributed by atoms with Gasteiger partial charge in [-0.2, -0.15) is 5.10 Å². The monoisotopic (exact) mass is 408 g/mol. The summed E-state index contributed by atoms with van der Waals surface area (Å²) in [5.74, 6) is 0.956. The zero-order valence-corrected chi connectivity index (χ0v) is 19.2. The summed E-state index contributed by atoms with van der Waals surface area (Å²) in [4.78, 5) is 24.4. The zero-order valence-electron chi connectivity index (χ0n) is 19.2. The van der Waals surface area contributed by atoms with Gasteiger partial charge in [0, 0.05) is 32.5 Å². The first-order valence-corrected chi connectivity index (χ1v) is 10.3. The van der Waals surface area contributed by atoms with Crippen molar-refractivity contribution in [3.05, 3.63) is 46.9 Å².